The van der Waals surface area contributed by atoms with Gasteiger partial charge >= 0.3 is 0 Å². The Morgan fingerprint density at radius 1 is 1.00 bits per heavy atom. The Morgan fingerprint density at radius 2 is 1.69 bits per heavy atom. The zero-order chi connectivity index (χ0) is 25.5. The van der Waals surface area contributed by atoms with Crippen molar-refractivity contribution in [1.82, 2.24) is 15.5 Å². The van der Waals surface area contributed by atoms with Gasteiger partial charge < -0.3 is 34.5 Å². The van der Waals surface area contributed by atoms with E-state index in [2.05, 4.69) is 10.6 Å². The molecule has 2 N–H and O–H groups in total. The van der Waals surface area contributed by atoms with Crippen LogP contribution >= 0.6 is 0 Å². The second-order valence-corrected chi connectivity index (χ2v) is 8.66. The normalized spacial score (nSPS) is 15.8. The zero-order valence-corrected chi connectivity index (χ0v) is 20.5. The SMILES string of the molecule is COCCNC(=O)[C@@H](NC(=O)c1ccc2c(c1)OCO2)C1CCN(C(=O)c2ccc(OC)cc2)CC1. The fourth-order valence-electron chi connectivity index (χ4n) is 4.40. The number of methoxy groups -OCH3 is 2. The number of hydrogen-bond acceptors (Lipinski definition) is 7. The van der Waals surface area contributed by atoms with Crippen LogP contribution in [0.3, 0.4) is 0 Å². The molecule has 0 radical (unpaired) electrons. The van der Waals surface area contributed by atoms with Gasteiger partial charge in [0.2, 0.25) is 12.7 Å². The molecule has 2 heterocycles. The Bertz CT molecular complexity index is 1080. The molecule has 10 nitrogen and oxygen atoms in total. The highest BCUT2D eigenvalue weighted by molar-refractivity contribution is 5.98. The number of nitrogens with zero attached hydrogens (tertiary/aromatic N) is 1. The number of carbonyl (C=O) groups excluding carboxylic acids is 3. The van der Waals surface area contributed by atoms with Crippen LogP contribution in [0.25, 0.3) is 0 Å². The summed E-state index contributed by atoms with van der Waals surface area (Å²) < 4.78 is 20.9. The molecular weight excluding hydrogens is 466 g/mol. The molecule has 1 saturated heterocycles. The molecular formula is C26H31N3O7. The molecule has 0 unspecified atom stereocenters. The maximum absolute atomic E-state index is 13.1. The van der Waals surface area contributed by atoms with Gasteiger partial charge in [0, 0.05) is 37.9 Å². The lowest BCUT2D eigenvalue weighted by molar-refractivity contribution is -0.124. The van der Waals surface area contributed by atoms with Gasteiger partial charge in [0.15, 0.2) is 11.5 Å². The number of amides is 3. The summed E-state index contributed by atoms with van der Waals surface area (Å²) >= 11 is 0. The molecule has 10 heteroatoms. The highest BCUT2D eigenvalue weighted by Gasteiger charge is 2.34. The maximum atomic E-state index is 13.1. The Morgan fingerprint density at radius 3 is 2.39 bits per heavy atom. The minimum Gasteiger partial charge on any atom is -0.497 e. The average molecular weight is 498 g/mol. The van der Waals surface area contributed by atoms with Crippen molar-refractivity contribution in [1.29, 1.82) is 0 Å². The van der Waals surface area contributed by atoms with Gasteiger partial charge in [0.25, 0.3) is 11.8 Å². The lowest BCUT2D eigenvalue weighted by Gasteiger charge is -2.36. The summed E-state index contributed by atoms with van der Waals surface area (Å²) in [4.78, 5) is 40.8. The first-order valence-corrected chi connectivity index (χ1v) is 11.9. The van der Waals surface area contributed by atoms with Crippen molar-refractivity contribution in [3.63, 3.8) is 0 Å². The number of ether oxygens (including phenoxy) is 4. The molecule has 1 atom stereocenters. The molecule has 0 aromatic heterocycles. The van der Waals surface area contributed by atoms with Crippen LogP contribution in [-0.2, 0) is 9.53 Å². The van der Waals surface area contributed by atoms with Crippen LogP contribution < -0.4 is 24.8 Å². The van der Waals surface area contributed by atoms with Crippen LogP contribution in [0.15, 0.2) is 42.5 Å². The van der Waals surface area contributed by atoms with Gasteiger partial charge in [0.05, 0.1) is 13.7 Å². The van der Waals surface area contributed by atoms with Gasteiger partial charge in [0.1, 0.15) is 11.8 Å². The van der Waals surface area contributed by atoms with Crippen molar-refractivity contribution in [2.75, 3.05) is 47.3 Å². The van der Waals surface area contributed by atoms with E-state index in [-0.39, 0.29) is 30.4 Å². The number of rotatable bonds is 9. The first kappa shape index (κ1) is 25.3. The molecule has 0 spiro atoms. The minimum atomic E-state index is -0.752. The maximum Gasteiger partial charge on any atom is 0.253 e. The summed E-state index contributed by atoms with van der Waals surface area (Å²) in [5, 5.41) is 5.74. The van der Waals surface area contributed by atoms with E-state index in [9.17, 15) is 14.4 Å². The van der Waals surface area contributed by atoms with Crippen LogP contribution in [0.1, 0.15) is 33.6 Å². The highest BCUT2D eigenvalue weighted by atomic mass is 16.7. The standard InChI is InChI=1S/C26H31N3O7/c1-33-14-11-27-25(31)23(28-24(30)19-5-8-21-22(15-19)36-16-35-21)17-9-12-29(13-10-17)26(32)18-3-6-20(34-2)7-4-18/h3-8,15,17,23H,9-14,16H2,1-2H3,(H,27,31)(H,28,30)/t23-/m0/s1. The summed E-state index contributed by atoms with van der Waals surface area (Å²) in [7, 11) is 3.13. The second-order valence-electron chi connectivity index (χ2n) is 8.66. The Kier molecular flexibility index (Phi) is 8.27. The van der Waals surface area contributed by atoms with E-state index in [0.717, 1.165) is 0 Å². The van der Waals surface area contributed by atoms with Crippen molar-refractivity contribution in [3.8, 4) is 17.2 Å². The van der Waals surface area contributed by atoms with E-state index in [1.54, 1.807) is 61.6 Å². The van der Waals surface area contributed by atoms with Gasteiger partial charge in [-0.3, -0.25) is 14.4 Å². The number of hydrogen-bond donors (Lipinski definition) is 2. The first-order valence-electron chi connectivity index (χ1n) is 11.9. The molecule has 2 aliphatic heterocycles. The van der Waals surface area contributed by atoms with Gasteiger partial charge in [-0.15, -0.1) is 0 Å². The van der Waals surface area contributed by atoms with Crippen LogP contribution in [0.5, 0.6) is 17.2 Å². The van der Waals surface area contributed by atoms with Gasteiger partial charge in [-0.05, 0) is 61.2 Å². The van der Waals surface area contributed by atoms with E-state index in [1.807, 2.05) is 0 Å². The Labute approximate surface area is 209 Å². The molecule has 0 bridgehead atoms. The number of nitrogens with one attached hydrogen (secondary N) is 2. The largest absolute Gasteiger partial charge is 0.497 e. The average Bonchev–Trinajstić information content (AvgIpc) is 3.39. The number of carbonyl (C=O) groups is 3. The molecule has 36 heavy (non-hydrogen) atoms. The quantitative estimate of drug-likeness (QED) is 0.508. The van der Waals surface area contributed by atoms with Crippen molar-refractivity contribution in [2.45, 2.75) is 18.9 Å². The third-order valence-corrected chi connectivity index (χ3v) is 6.44. The van der Waals surface area contributed by atoms with Crippen LogP contribution in [0, 0.1) is 5.92 Å². The summed E-state index contributed by atoms with van der Waals surface area (Å²) in [5.74, 6) is 0.902. The zero-order valence-electron chi connectivity index (χ0n) is 20.5. The fraction of sp³-hybridized carbons (Fsp3) is 0.423. The van der Waals surface area contributed by atoms with E-state index >= 15 is 0 Å². The molecule has 2 aliphatic rings. The molecule has 1 fully saturated rings. The summed E-state index contributed by atoms with van der Waals surface area (Å²) in [6.07, 6.45) is 1.15. The Hall–Kier alpha value is -3.79. The number of piperidine rings is 1. The van der Waals surface area contributed by atoms with Crippen molar-refractivity contribution in [3.05, 3.63) is 53.6 Å². The topological polar surface area (TPSA) is 115 Å². The molecule has 3 amide bonds. The predicted molar refractivity (Wildman–Crippen MR) is 130 cm³/mol. The first-order chi connectivity index (χ1) is 17.5. The molecule has 2 aromatic rings. The third-order valence-electron chi connectivity index (χ3n) is 6.44. The number of fused-ring (bicyclic) bond motifs is 1. The molecule has 2 aromatic carbocycles. The van der Waals surface area contributed by atoms with E-state index in [1.165, 1.54) is 0 Å². The predicted octanol–water partition coefficient (Wildman–Crippen LogP) is 1.84. The van der Waals surface area contributed by atoms with Gasteiger partial charge in [-0.1, -0.05) is 0 Å². The summed E-state index contributed by atoms with van der Waals surface area (Å²) in [6.45, 7) is 1.78. The Balaban J connectivity index is 1.42. The third kappa shape index (κ3) is 5.88. The van der Waals surface area contributed by atoms with E-state index < -0.39 is 6.04 Å². The van der Waals surface area contributed by atoms with Crippen LogP contribution in [-0.4, -0.2) is 75.9 Å². The molecule has 0 saturated carbocycles. The monoisotopic (exact) mass is 497 g/mol. The fourth-order valence-corrected chi connectivity index (χ4v) is 4.40. The van der Waals surface area contributed by atoms with E-state index in [4.69, 9.17) is 18.9 Å². The molecule has 4 rings (SSSR count). The van der Waals surface area contributed by atoms with Crippen molar-refractivity contribution < 1.29 is 33.3 Å². The lowest BCUT2D eigenvalue weighted by atomic mass is 9.88. The smallest absolute Gasteiger partial charge is 0.253 e. The lowest BCUT2D eigenvalue weighted by Crippen LogP contribution is -2.54. The minimum absolute atomic E-state index is 0.0680. The molecule has 0 aliphatic carbocycles. The second kappa shape index (κ2) is 11.8. The van der Waals surface area contributed by atoms with Crippen LogP contribution in [0.4, 0.5) is 0 Å². The van der Waals surface area contributed by atoms with Gasteiger partial charge in [-0.2, -0.15) is 0 Å². The molecule has 192 valence electrons. The number of likely N-dealkylation sites (tertiary alicyclic amines) is 1. The summed E-state index contributed by atoms with van der Waals surface area (Å²) in [5.41, 5.74) is 0.959. The van der Waals surface area contributed by atoms with Crippen molar-refractivity contribution >= 4 is 17.7 Å². The van der Waals surface area contributed by atoms with Crippen LogP contribution in [0.2, 0.25) is 0 Å². The number of benzene rings is 2. The summed E-state index contributed by atoms with van der Waals surface area (Å²) in [6, 6.07) is 11.2. The van der Waals surface area contributed by atoms with Gasteiger partial charge in [-0.25, -0.2) is 0 Å². The van der Waals surface area contributed by atoms with Crippen molar-refractivity contribution in [2.24, 2.45) is 5.92 Å². The highest BCUT2D eigenvalue weighted by Crippen LogP contribution is 2.32. The van der Waals surface area contributed by atoms with E-state index in [0.29, 0.717) is 67.5 Å².